The minimum atomic E-state index is -0.191. The van der Waals surface area contributed by atoms with Crippen LogP contribution in [0.2, 0.25) is 0 Å². The zero-order valence-electron chi connectivity index (χ0n) is 11.3. The van der Waals surface area contributed by atoms with Crippen molar-refractivity contribution in [2.24, 2.45) is 0 Å². The molecule has 4 heteroatoms. The van der Waals surface area contributed by atoms with Gasteiger partial charge in [-0.3, -0.25) is 0 Å². The van der Waals surface area contributed by atoms with Crippen LogP contribution in [0, 0.1) is 0 Å². The van der Waals surface area contributed by atoms with Crippen molar-refractivity contribution in [3.05, 3.63) is 24.3 Å². The van der Waals surface area contributed by atoms with Crippen molar-refractivity contribution in [3.8, 4) is 5.75 Å². The Morgan fingerprint density at radius 1 is 1.33 bits per heavy atom. The van der Waals surface area contributed by atoms with Gasteiger partial charge in [-0.1, -0.05) is 25.5 Å². The highest BCUT2D eigenvalue weighted by Gasteiger charge is 2.07. The molecule has 1 aromatic rings. The van der Waals surface area contributed by atoms with E-state index in [1.54, 1.807) is 0 Å². The predicted molar refractivity (Wildman–Crippen MR) is 74.1 cm³/mol. The summed E-state index contributed by atoms with van der Waals surface area (Å²) in [6.45, 7) is 6.69. The van der Waals surface area contributed by atoms with Crippen LogP contribution in [-0.4, -0.2) is 18.7 Å². The van der Waals surface area contributed by atoms with Crippen LogP contribution >= 0.6 is 0 Å². The third-order valence-electron chi connectivity index (χ3n) is 2.31. The first-order valence-corrected chi connectivity index (χ1v) is 6.44. The number of unbranched alkanes of at least 4 members (excludes halogenated alkanes) is 1. The molecule has 0 aliphatic heterocycles. The van der Waals surface area contributed by atoms with Crippen LogP contribution in [0.4, 0.5) is 10.5 Å². The van der Waals surface area contributed by atoms with E-state index in [2.05, 4.69) is 17.6 Å². The number of anilines is 1. The van der Waals surface area contributed by atoms with E-state index in [-0.39, 0.29) is 12.1 Å². The summed E-state index contributed by atoms with van der Waals surface area (Å²) in [6, 6.07) is 7.24. The lowest BCUT2D eigenvalue weighted by atomic mass is 10.3. The van der Waals surface area contributed by atoms with Crippen molar-refractivity contribution in [2.75, 3.05) is 11.9 Å². The number of benzene rings is 1. The Balaban J connectivity index is 2.57. The normalized spacial score (nSPS) is 10.2. The van der Waals surface area contributed by atoms with Crippen molar-refractivity contribution in [2.45, 2.75) is 39.7 Å². The third-order valence-corrected chi connectivity index (χ3v) is 2.31. The van der Waals surface area contributed by atoms with Crippen LogP contribution in [0.15, 0.2) is 24.3 Å². The van der Waals surface area contributed by atoms with E-state index in [0.29, 0.717) is 18.0 Å². The first-order valence-electron chi connectivity index (χ1n) is 6.44. The maximum Gasteiger partial charge on any atom is 0.319 e. The van der Waals surface area contributed by atoms with E-state index in [1.165, 1.54) is 0 Å². The number of hydrogen-bond donors (Lipinski definition) is 2. The molecule has 2 amide bonds. The minimum Gasteiger partial charge on any atom is -0.489 e. The first kappa shape index (κ1) is 14.4. The van der Waals surface area contributed by atoms with E-state index in [9.17, 15) is 4.79 Å². The fourth-order valence-electron chi connectivity index (χ4n) is 1.47. The van der Waals surface area contributed by atoms with Gasteiger partial charge in [0.25, 0.3) is 0 Å². The van der Waals surface area contributed by atoms with Gasteiger partial charge in [0.15, 0.2) is 0 Å². The smallest absolute Gasteiger partial charge is 0.319 e. The van der Waals surface area contributed by atoms with Gasteiger partial charge in [0.2, 0.25) is 0 Å². The molecule has 0 aliphatic carbocycles. The number of ether oxygens (including phenoxy) is 1. The van der Waals surface area contributed by atoms with Crippen LogP contribution in [0.3, 0.4) is 0 Å². The van der Waals surface area contributed by atoms with Crippen molar-refractivity contribution < 1.29 is 9.53 Å². The summed E-state index contributed by atoms with van der Waals surface area (Å²) in [5.74, 6) is 0.693. The van der Waals surface area contributed by atoms with Crippen LogP contribution in [0.25, 0.3) is 0 Å². The van der Waals surface area contributed by atoms with Gasteiger partial charge in [-0.15, -0.1) is 0 Å². The van der Waals surface area contributed by atoms with Gasteiger partial charge in [-0.05, 0) is 32.4 Å². The van der Waals surface area contributed by atoms with E-state index in [0.717, 1.165) is 12.8 Å². The van der Waals surface area contributed by atoms with E-state index in [1.807, 2.05) is 38.1 Å². The SMILES string of the molecule is CCCCNC(=O)Nc1ccccc1OC(C)C. The first-order chi connectivity index (χ1) is 8.63. The molecule has 0 saturated carbocycles. The average molecular weight is 250 g/mol. The molecule has 0 heterocycles. The van der Waals surface area contributed by atoms with Gasteiger partial charge < -0.3 is 15.4 Å². The van der Waals surface area contributed by atoms with Crippen molar-refractivity contribution in [1.82, 2.24) is 5.32 Å². The molecule has 0 spiro atoms. The Labute approximate surface area is 109 Å². The molecule has 18 heavy (non-hydrogen) atoms. The molecule has 1 aromatic carbocycles. The highest BCUT2D eigenvalue weighted by Crippen LogP contribution is 2.24. The van der Waals surface area contributed by atoms with Crippen LogP contribution < -0.4 is 15.4 Å². The van der Waals surface area contributed by atoms with E-state index < -0.39 is 0 Å². The number of amides is 2. The monoisotopic (exact) mass is 250 g/mol. The maximum atomic E-state index is 11.6. The molecule has 4 nitrogen and oxygen atoms in total. The summed E-state index contributed by atoms with van der Waals surface area (Å²) in [4.78, 5) is 11.6. The second-order valence-corrected chi connectivity index (χ2v) is 4.40. The van der Waals surface area contributed by atoms with Gasteiger partial charge >= 0.3 is 6.03 Å². The molecule has 0 fully saturated rings. The third kappa shape index (κ3) is 5.08. The average Bonchev–Trinajstić information content (AvgIpc) is 2.31. The molecule has 100 valence electrons. The summed E-state index contributed by atoms with van der Waals surface area (Å²) in [5, 5.41) is 5.61. The number of carbonyl (C=O) groups is 1. The second-order valence-electron chi connectivity index (χ2n) is 4.40. The lowest BCUT2D eigenvalue weighted by Gasteiger charge is -2.15. The molecule has 0 saturated heterocycles. The Morgan fingerprint density at radius 2 is 2.06 bits per heavy atom. The van der Waals surface area contributed by atoms with Gasteiger partial charge in [0, 0.05) is 6.54 Å². The predicted octanol–water partition coefficient (Wildman–Crippen LogP) is 3.40. The Bertz CT molecular complexity index is 378. The second kappa shape index (κ2) is 7.58. The number of hydrogen-bond acceptors (Lipinski definition) is 2. The summed E-state index contributed by atoms with van der Waals surface area (Å²) in [7, 11) is 0. The molecule has 0 atom stereocenters. The molecular weight excluding hydrogens is 228 g/mol. The van der Waals surface area contributed by atoms with Gasteiger partial charge in [0.1, 0.15) is 5.75 Å². The number of para-hydroxylation sites is 2. The van der Waals surface area contributed by atoms with Gasteiger partial charge in [0.05, 0.1) is 11.8 Å². The molecule has 0 bridgehead atoms. The molecule has 0 aliphatic rings. The molecule has 0 unspecified atom stereocenters. The number of urea groups is 1. The van der Waals surface area contributed by atoms with Crippen molar-refractivity contribution >= 4 is 11.7 Å². The highest BCUT2D eigenvalue weighted by atomic mass is 16.5. The zero-order chi connectivity index (χ0) is 13.4. The summed E-state index contributed by atoms with van der Waals surface area (Å²) in [6.07, 6.45) is 2.13. The quantitative estimate of drug-likeness (QED) is 0.760. The van der Waals surface area contributed by atoms with Crippen LogP contribution in [0.5, 0.6) is 5.75 Å². The lowest BCUT2D eigenvalue weighted by Crippen LogP contribution is -2.29. The fourth-order valence-corrected chi connectivity index (χ4v) is 1.47. The molecule has 0 radical (unpaired) electrons. The fraction of sp³-hybridized carbons (Fsp3) is 0.500. The molecule has 2 N–H and O–H groups in total. The van der Waals surface area contributed by atoms with Crippen LogP contribution in [-0.2, 0) is 0 Å². The van der Waals surface area contributed by atoms with Crippen molar-refractivity contribution in [1.29, 1.82) is 0 Å². The summed E-state index contributed by atoms with van der Waals surface area (Å²) >= 11 is 0. The number of nitrogens with one attached hydrogen (secondary N) is 2. The molecule has 1 rings (SSSR count). The number of rotatable bonds is 6. The van der Waals surface area contributed by atoms with Gasteiger partial charge in [-0.25, -0.2) is 4.79 Å². The molecular formula is C14H22N2O2. The van der Waals surface area contributed by atoms with E-state index in [4.69, 9.17) is 4.74 Å². The van der Waals surface area contributed by atoms with Crippen molar-refractivity contribution in [3.63, 3.8) is 0 Å². The Hall–Kier alpha value is -1.71. The van der Waals surface area contributed by atoms with E-state index >= 15 is 0 Å². The summed E-state index contributed by atoms with van der Waals surface area (Å²) < 4.78 is 5.63. The van der Waals surface area contributed by atoms with Crippen LogP contribution in [0.1, 0.15) is 33.6 Å². The van der Waals surface area contributed by atoms with Gasteiger partial charge in [-0.2, -0.15) is 0 Å². The largest absolute Gasteiger partial charge is 0.489 e. The standard InChI is InChI=1S/C14H22N2O2/c1-4-5-10-15-14(17)16-12-8-6-7-9-13(12)18-11(2)3/h6-9,11H,4-5,10H2,1-3H3,(H2,15,16,17). The molecule has 0 aromatic heterocycles. The lowest BCUT2D eigenvalue weighted by molar-refractivity contribution is 0.241. The zero-order valence-corrected chi connectivity index (χ0v) is 11.3. The minimum absolute atomic E-state index is 0.0797. The maximum absolute atomic E-state index is 11.6. The Kier molecular flexibility index (Phi) is 6.05. The summed E-state index contributed by atoms with van der Waals surface area (Å²) in [5.41, 5.74) is 0.695. The highest BCUT2D eigenvalue weighted by molar-refractivity contribution is 5.90. The number of carbonyl (C=O) groups excluding carboxylic acids is 1. The Morgan fingerprint density at radius 3 is 2.72 bits per heavy atom. The topological polar surface area (TPSA) is 50.4 Å².